The summed E-state index contributed by atoms with van der Waals surface area (Å²) in [7, 11) is 2.16. The van der Waals surface area contributed by atoms with E-state index in [0.717, 1.165) is 37.3 Å². The lowest BCUT2D eigenvalue weighted by atomic mass is 10.1. The van der Waals surface area contributed by atoms with Crippen molar-refractivity contribution in [1.29, 1.82) is 0 Å². The maximum atomic E-state index is 11.7. The van der Waals surface area contributed by atoms with Crippen LogP contribution in [0.4, 0.5) is 16.2 Å². The number of ether oxygens (including phenoxy) is 1. The smallest absolute Gasteiger partial charge is 0.412 e. The van der Waals surface area contributed by atoms with Crippen LogP contribution in [0.5, 0.6) is 0 Å². The molecule has 5 nitrogen and oxygen atoms in total. The second-order valence-electron chi connectivity index (χ2n) is 6.93. The second kappa shape index (κ2) is 7.01. The van der Waals surface area contributed by atoms with E-state index in [-0.39, 0.29) is 0 Å². The minimum absolute atomic E-state index is 0.427. The first kappa shape index (κ1) is 16.6. The van der Waals surface area contributed by atoms with Crippen molar-refractivity contribution in [2.75, 3.05) is 30.8 Å². The summed E-state index contributed by atoms with van der Waals surface area (Å²) in [4.78, 5) is 14.1. The number of hydrogen-bond acceptors (Lipinski definition) is 4. The number of benzene rings is 1. The molecule has 2 N–H and O–H groups in total. The highest BCUT2D eigenvalue weighted by molar-refractivity contribution is 5.85. The first-order chi connectivity index (χ1) is 10.3. The molecule has 0 aromatic heterocycles. The minimum atomic E-state index is -0.486. The van der Waals surface area contributed by atoms with Crippen LogP contribution in [0.15, 0.2) is 24.3 Å². The van der Waals surface area contributed by atoms with Gasteiger partial charge in [0.25, 0.3) is 0 Å². The number of nitrogens with zero attached hydrogens (tertiary/aromatic N) is 1. The van der Waals surface area contributed by atoms with Crippen LogP contribution in [-0.4, -0.2) is 42.8 Å². The van der Waals surface area contributed by atoms with Crippen molar-refractivity contribution in [2.24, 2.45) is 0 Å². The molecule has 1 saturated heterocycles. The number of carbonyl (C=O) groups is 1. The van der Waals surface area contributed by atoms with E-state index in [2.05, 4.69) is 22.6 Å². The normalized spacial score (nSPS) is 17.1. The predicted octanol–water partition coefficient (Wildman–Crippen LogP) is 3.54. The van der Waals surface area contributed by atoms with E-state index in [1.807, 2.05) is 45.0 Å². The van der Waals surface area contributed by atoms with Crippen LogP contribution in [0.25, 0.3) is 0 Å². The zero-order valence-electron chi connectivity index (χ0n) is 14.0. The summed E-state index contributed by atoms with van der Waals surface area (Å²) < 4.78 is 5.23. The first-order valence-corrected chi connectivity index (χ1v) is 7.87. The molecule has 0 unspecified atom stereocenters. The maximum absolute atomic E-state index is 11.7. The molecule has 2 rings (SSSR count). The Hall–Kier alpha value is -1.75. The third-order valence-electron chi connectivity index (χ3n) is 3.62. The fraction of sp³-hybridized carbons (Fsp3) is 0.588. The highest BCUT2D eigenvalue weighted by Gasteiger charge is 2.17. The highest BCUT2D eigenvalue weighted by Crippen LogP contribution is 2.19. The molecule has 0 radical (unpaired) electrons. The van der Waals surface area contributed by atoms with Crippen molar-refractivity contribution in [3.8, 4) is 0 Å². The average Bonchev–Trinajstić information content (AvgIpc) is 2.41. The zero-order valence-corrected chi connectivity index (χ0v) is 14.0. The fourth-order valence-corrected chi connectivity index (χ4v) is 2.46. The van der Waals surface area contributed by atoms with Gasteiger partial charge in [0, 0.05) is 17.4 Å². The van der Waals surface area contributed by atoms with Gasteiger partial charge in [0.15, 0.2) is 0 Å². The molecule has 1 aliphatic rings. The zero-order chi connectivity index (χ0) is 16.2. The van der Waals surface area contributed by atoms with Gasteiger partial charge in [-0.2, -0.15) is 0 Å². The molecule has 5 heteroatoms. The largest absolute Gasteiger partial charge is 0.444 e. The van der Waals surface area contributed by atoms with Gasteiger partial charge in [-0.05, 0) is 78.0 Å². The Morgan fingerprint density at radius 2 is 1.68 bits per heavy atom. The standard InChI is InChI=1S/C17H27N3O2/c1-17(2,3)22-16(21)19-14-7-5-13(6-8-14)18-15-9-11-20(4)12-10-15/h5-8,15,18H,9-12H2,1-4H3,(H,19,21). The molecule has 1 amide bonds. The first-order valence-electron chi connectivity index (χ1n) is 7.87. The summed E-state index contributed by atoms with van der Waals surface area (Å²) in [5.74, 6) is 0. The number of rotatable bonds is 3. The SMILES string of the molecule is CN1CCC(Nc2ccc(NC(=O)OC(C)(C)C)cc2)CC1. The predicted molar refractivity (Wildman–Crippen MR) is 90.4 cm³/mol. The van der Waals surface area contributed by atoms with Gasteiger partial charge >= 0.3 is 6.09 Å². The Labute approximate surface area is 133 Å². The monoisotopic (exact) mass is 305 g/mol. The van der Waals surface area contributed by atoms with Crippen LogP contribution in [0, 0.1) is 0 Å². The molecule has 0 spiro atoms. The van der Waals surface area contributed by atoms with Gasteiger partial charge in [0.2, 0.25) is 0 Å². The molecule has 0 bridgehead atoms. The third kappa shape index (κ3) is 5.56. The van der Waals surface area contributed by atoms with E-state index >= 15 is 0 Å². The number of nitrogens with one attached hydrogen (secondary N) is 2. The Morgan fingerprint density at radius 3 is 2.23 bits per heavy atom. The van der Waals surface area contributed by atoms with Crippen LogP contribution < -0.4 is 10.6 Å². The molecule has 0 saturated carbocycles. The summed E-state index contributed by atoms with van der Waals surface area (Å²) in [6, 6.07) is 8.29. The van der Waals surface area contributed by atoms with Gasteiger partial charge < -0.3 is 15.0 Å². The number of carbonyl (C=O) groups excluding carboxylic acids is 1. The van der Waals surface area contributed by atoms with Gasteiger partial charge in [-0.25, -0.2) is 4.79 Å². The topological polar surface area (TPSA) is 53.6 Å². The molecule has 122 valence electrons. The van der Waals surface area contributed by atoms with Gasteiger partial charge in [0.1, 0.15) is 5.60 Å². The lowest BCUT2D eigenvalue weighted by Crippen LogP contribution is -2.36. The summed E-state index contributed by atoms with van der Waals surface area (Å²) in [5, 5.41) is 6.29. The van der Waals surface area contributed by atoms with Gasteiger partial charge in [-0.1, -0.05) is 0 Å². The lowest BCUT2D eigenvalue weighted by Gasteiger charge is -2.30. The molecular formula is C17H27N3O2. The Kier molecular flexibility index (Phi) is 5.29. The van der Waals surface area contributed by atoms with Crippen molar-refractivity contribution >= 4 is 17.5 Å². The van der Waals surface area contributed by atoms with Crippen molar-refractivity contribution in [2.45, 2.75) is 45.3 Å². The van der Waals surface area contributed by atoms with Gasteiger partial charge in [-0.3, -0.25) is 5.32 Å². The van der Waals surface area contributed by atoms with Crippen molar-refractivity contribution < 1.29 is 9.53 Å². The Balaban J connectivity index is 1.84. The number of likely N-dealkylation sites (tertiary alicyclic amines) is 1. The maximum Gasteiger partial charge on any atom is 0.412 e. The highest BCUT2D eigenvalue weighted by atomic mass is 16.6. The molecule has 1 aromatic carbocycles. The van der Waals surface area contributed by atoms with E-state index < -0.39 is 11.7 Å². The quantitative estimate of drug-likeness (QED) is 0.897. The van der Waals surface area contributed by atoms with Crippen LogP contribution in [0.2, 0.25) is 0 Å². The molecule has 1 heterocycles. The van der Waals surface area contributed by atoms with Crippen LogP contribution >= 0.6 is 0 Å². The van der Waals surface area contributed by atoms with Crippen LogP contribution in [0.1, 0.15) is 33.6 Å². The lowest BCUT2D eigenvalue weighted by molar-refractivity contribution is 0.0636. The third-order valence-corrected chi connectivity index (χ3v) is 3.62. The van der Waals surface area contributed by atoms with E-state index in [0.29, 0.717) is 6.04 Å². The Bertz CT molecular complexity index is 486. The summed E-state index contributed by atoms with van der Waals surface area (Å²) >= 11 is 0. The van der Waals surface area contributed by atoms with Gasteiger partial charge in [0.05, 0.1) is 0 Å². The van der Waals surface area contributed by atoms with Crippen molar-refractivity contribution in [3.63, 3.8) is 0 Å². The van der Waals surface area contributed by atoms with Crippen molar-refractivity contribution in [3.05, 3.63) is 24.3 Å². The fourth-order valence-electron chi connectivity index (χ4n) is 2.46. The molecule has 0 aliphatic carbocycles. The number of piperidine rings is 1. The molecule has 22 heavy (non-hydrogen) atoms. The summed E-state index contributed by atoms with van der Waals surface area (Å²) in [5.41, 5.74) is 1.34. The average molecular weight is 305 g/mol. The number of anilines is 2. The number of hydrogen-bond donors (Lipinski definition) is 2. The van der Waals surface area contributed by atoms with Crippen molar-refractivity contribution in [1.82, 2.24) is 4.90 Å². The van der Waals surface area contributed by atoms with E-state index in [1.165, 1.54) is 0 Å². The summed E-state index contributed by atoms with van der Waals surface area (Å²) in [6.07, 6.45) is 1.89. The molecule has 1 aromatic rings. The van der Waals surface area contributed by atoms with E-state index in [4.69, 9.17) is 4.74 Å². The number of amides is 1. The van der Waals surface area contributed by atoms with Gasteiger partial charge in [-0.15, -0.1) is 0 Å². The van der Waals surface area contributed by atoms with Crippen LogP contribution in [-0.2, 0) is 4.74 Å². The molecule has 1 fully saturated rings. The van der Waals surface area contributed by atoms with E-state index in [9.17, 15) is 4.79 Å². The Morgan fingerprint density at radius 1 is 1.14 bits per heavy atom. The van der Waals surface area contributed by atoms with Crippen LogP contribution in [0.3, 0.4) is 0 Å². The minimum Gasteiger partial charge on any atom is -0.444 e. The molecular weight excluding hydrogens is 278 g/mol. The molecule has 1 aliphatic heterocycles. The molecule has 0 atom stereocenters. The second-order valence-corrected chi connectivity index (χ2v) is 6.93. The summed E-state index contributed by atoms with van der Waals surface area (Å²) in [6.45, 7) is 7.81. The van der Waals surface area contributed by atoms with E-state index in [1.54, 1.807) is 0 Å².